The molecule has 2 amide bonds. The van der Waals surface area contributed by atoms with Gasteiger partial charge in [-0.05, 0) is 45.0 Å². The van der Waals surface area contributed by atoms with E-state index in [1.807, 2.05) is 20.8 Å². The summed E-state index contributed by atoms with van der Waals surface area (Å²) in [6.45, 7) is 6.97. The van der Waals surface area contributed by atoms with Gasteiger partial charge in [0.1, 0.15) is 0 Å². The molecule has 0 aliphatic heterocycles. The SMILES string of the molecule is CCN(CC)C(=O)c1cccc(NC(=O)c2nc3nccc(C)n3n2)c1. The summed E-state index contributed by atoms with van der Waals surface area (Å²) in [6.07, 6.45) is 1.61. The molecule has 1 aromatic carbocycles. The molecule has 26 heavy (non-hydrogen) atoms. The fraction of sp³-hybridized carbons (Fsp3) is 0.278. The van der Waals surface area contributed by atoms with Gasteiger partial charge in [0.05, 0.1) is 0 Å². The Hall–Kier alpha value is -3.29. The normalized spacial score (nSPS) is 10.7. The third kappa shape index (κ3) is 3.39. The number of aromatic nitrogens is 4. The van der Waals surface area contributed by atoms with Crippen molar-refractivity contribution < 1.29 is 9.59 Å². The van der Waals surface area contributed by atoms with Crippen LogP contribution in [0.1, 0.15) is 40.5 Å². The van der Waals surface area contributed by atoms with Crippen LogP contribution in [0.2, 0.25) is 0 Å². The van der Waals surface area contributed by atoms with Gasteiger partial charge >= 0.3 is 0 Å². The molecule has 3 rings (SSSR count). The van der Waals surface area contributed by atoms with Crippen LogP contribution in [0.25, 0.3) is 5.78 Å². The van der Waals surface area contributed by atoms with Crippen LogP contribution in [0.15, 0.2) is 36.5 Å². The van der Waals surface area contributed by atoms with E-state index in [9.17, 15) is 9.59 Å². The first kappa shape index (κ1) is 17.5. The van der Waals surface area contributed by atoms with E-state index in [0.717, 1.165) is 5.69 Å². The Balaban J connectivity index is 1.82. The minimum atomic E-state index is -0.456. The number of benzene rings is 1. The first-order valence-electron chi connectivity index (χ1n) is 8.42. The minimum Gasteiger partial charge on any atom is -0.339 e. The molecular formula is C18H20N6O2. The van der Waals surface area contributed by atoms with Gasteiger partial charge in [0.25, 0.3) is 17.6 Å². The van der Waals surface area contributed by atoms with Gasteiger partial charge in [0.15, 0.2) is 0 Å². The zero-order valence-electron chi connectivity index (χ0n) is 14.9. The molecule has 2 aromatic heterocycles. The summed E-state index contributed by atoms with van der Waals surface area (Å²) in [7, 11) is 0. The molecule has 0 unspecified atom stereocenters. The maximum Gasteiger partial charge on any atom is 0.295 e. The largest absolute Gasteiger partial charge is 0.339 e. The number of rotatable bonds is 5. The van der Waals surface area contributed by atoms with Gasteiger partial charge in [-0.1, -0.05) is 6.07 Å². The summed E-state index contributed by atoms with van der Waals surface area (Å²) in [6, 6.07) is 8.61. The molecule has 8 nitrogen and oxygen atoms in total. The number of hydrogen-bond acceptors (Lipinski definition) is 5. The van der Waals surface area contributed by atoms with Crippen molar-refractivity contribution in [1.29, 1.82) is 0 Å². The molecule has 2 heterocycles. The van der Waals surface area contributed by atoms with E-state index in [1.165, 1.54) is 4.52 Å². The third-order valence-corrected chi connectivity index (χ3v) is 4.05. The van der Waals surface area contributed by atoms with E-state index < -0.39 is 5.91 Å². The van der Waals surface area contributed by atoms with Gasteiger partial charge in [-0.2, -0.15) is 4.98 Å². The van der Waals surface area contributed by atoms with Gasteiger partial charge in [0, 0.05) is 36.2 Å². The number of anilines is 1. The molecule has 0 radical (unpaired) electrons. The molecule has 0 aliphatic rings. The summed E-state index contributed by atoms with van der Waals surface area (Å²) < 4.78 is 1.51. The van der Waals surface area contributed by atoms with Gasteiger partial charge < -0.3 is 10.2 Å². The highest BCUT2D eigenvalue weighted by Gasteiger charge is 2.16. The molecule has 0 fully saturated rings. The number of amides is 2. The highest BCUT2D eigenvalue weighted by molar-refractivity contribution is 6.03. The molecule has 0 atom stereocenters. The van der Waals surface area contributed by atoms with Gasteiger partial charge in [0.2, 0.25) is 5.82 Å². The third-order valence-electron chi connectivity index (χ3n) is 4.05. The fourth-order valence-electron chi connectivity index (χ4n) is 2.61. The van der Waals surface area contributed by atoms with E-state index in [-0.39, 0.29) is 11.7 Å². The Bertz CT molecular complexity index is 961. The Labute approximate surface area is 150 Å². The standard InChI is InChI=1S/C18H20N6O2/c1-4-23(5-2)17(26)13-7-6-8-14(11-13)20-16(25)15-21-18-19-10-9-12(3)24(18)22-15/h6-11H,4-5H2,1-3H3,(H,20,25). The van der Waals surface area contributed by atoms with Crippen LogP contribution in [0.5, 0.6) is 0 Å². The summed E-state index contributed by atoms with van der Waals surface area (Å²) >= 11 is 0. The average molecular weight is 352 g/mol. The number of carbonyl (C=O) groups is 2. The highest BCUT2D eigenvalue weighted by Crippen LogP contribution is 2.14. The second-order valence-electron chi connectivity index (χ2n) is 5.75. The van der Waals surface area contributed by atoms with Gasteiger partial charge in [-0.3, -0.25) is 9.59 Å². The molecule has 1 N–H and O–H groups in total. The molecule has 3 aromatic rings. The number of fused-ring (bicyclic) bond motifs is 1. The topological polar surface area (TPSA) is 92.5 Å². The number of hydrogen-bond donors (Lipinski definition) is 1. The molecule has 0 aliphatic carbocycles. The summed E-state index contributed by atoms with van der Waals surface area (Å²) in [5.74, 6) is -0.146. The smallest absolute Gasteiger partial charge is 0.295 e. The Morgan fingerprint density at radius 2 is 1.96 bits per heavy atom. The van der Waals surface area contributed by atoms with Crippen LogP contribution in [0, 0.1) is 6.92 Å². The first-order chi connectivity index (χ1) is 12.5. The second-order valence-corrected chi connectivity index (χ2v) is 5.75. The number of carbonyl (C=O) groups excluding carboxylic acids is 2. The predicted molar refractivity (Wildman–Crippen MR) is 97.2 cm³/mol. The maximum atomic E-state index is 12.4. The summed E-state index contributed by atoms with van der Waals surface area (Å²) in [5.41, 5.74) is 1.86. The zero-order valence-corrected chi connectivity index (χ0v) is 14.9. The van der Waals surface area contributed by atoms with Crippen molar-refractivity contribution in [3.05, 3.63) is 53.6 Å². The van der Waals surface area contributed by atoms with Crippen LogP contribution >= 0.6 is 0 Å². The van der Waals surface area contributed by atoms with Crippen molar-refractivity contribution in [2.45, 2.75) is 20.8 Å². The highest BCUT2D eigenvalue weighted by atomic mass is 16.2. The quantitative estimate of drug-likeness (QED) is 0.760. The van der Waals surface area contributed by atoms with Gasteiger partial charge in [-0.25, -0.2) is 9.50 Å². The van der Waals surface area contributed by atoms with Crippen LogP contribution in [0.3, 0.4) is 0 Å². The number of aryl methyl sites for hydroxylation is 1. The van der Waals surface area contributed by atoms with Crippen molar-refractivity contribution in [2.75, 3.05) is 18.4 Å². The fourth-order valence-corrected chi connectivity index (χ4v) is 2.61. The molecule has 8 heteroatoms. The number of nitrogens with zero attached hydrogens (tertiary/aromatic N) is 5. The Morgan fingerprint density at radius 1 is 1.19 bits per heavy atom. The summed E-state index contributed by atoms with van der Waals surface area (Å²) in [5, 5.41) is 6.91. The Kier molecular flexibility index (Phi) is 4.92. The van der Waals surface area contributed by atoms with Crippen LogP contribution in [-0.2, 0) is 0 Å². The van der Waals surface area contributed by atoms with Crippen LogP contribution in [-0.4, -0.2) is 49.4 Å². The monoisotopic (exact) mass is 352 g/mol. The van der Waals surface area contributed by atoms with E-state index in [0.29, 0.717) is 30.1 Å². The molecule has 0 saturated carbocycles. The van der Waals surface area contributed by atoms with Crippen LogP contribution < -0.4 is 5.32 Å². The first-order valence-corrected chi connectivity index (χ1v) is 8.42. The zero-order chi connectivity index (χ0) is 18.7. The maximum absolute atomic E-state index is 12.4. The van der Waals surface area contributed by atoms with Crippen molar-refractivity contribution in [2.24, 2.45) is 0 Å². The van der Waals surface area contributed by atoms with E-state index in [2.05, 4.69) is 20.4 Å². The van der Waals surface area contributed by atoms with E-state index >= 15 is 0 Å². The number of nitrogens with one attached hydrogen (secondary N) is 1. The average Bonchev–Trinajstić information content (AvgIpc) is 3.09. The lowest BCUT2D eigenvalue weighted by atomic mass is 10.1. The van der Waals surface area contributed by atoms with Crippen molar-refractivity contribution in [3.63, 3.8) is 0 Å². The van der Waals surface area contributed by atoms with Crippen LogP contribution in [0.4, 0.5) is 5.69 Å². The van der Waals surface area contributed by atoms with E-state index in [1.54, 1.807) is 41.4 Å². The van der Waals surface area contributed by atoms with Crippen molar-refractivity contribution >= 4 is 23.3 Å². The Morgan fingerprint density at radius 3 is 2.65 bits per heavy atom. The molecule has 0 spiro atoms. The van der Waals surface area contributed by atoms with Crippen molar-refractivity contribution in [3.8, 4) is 0 Å². The predicted octanol–water partition coefficient (Wildman–Crippen LogP) is 2.17. The van der Waals surface area contributed by atoms with Gasteiger partial charge in [-0.15, -0.1) is 5.10 Å². The van der Waals surface area contributed by atoms with E-state index in [4.69, 9.17) is 0 Å². The summed E-state index contributed by atoms with van der Waals surface area (Å²) in [4.78, 5) is 34.8. The lowest BCUT2D eigenvalue weighted by molar-refractivity contribution is 0.0772. The molecule has 0 saturated heterocycles. The molecular weight excluding hydrogens is 332 g/mol. The lowest BCUT2D eigenvalue weighted by Gasteiger charge is -2.18. The molecule has 0 bridgehead atoms. The lowest BCUT2D eigenvalue weighted by Crippen LogP contribution is -2.30. The van der Waals surface area contributed by atoms with Crippen molar-refractivity contribution in [1.82, 2.24) is 24.5 Å². The second kappa shape index (κ2) is 7.30. The molecule has 134 valence electrons. The minimum absolute atomic E-state index is 0.0206.